The molecule has 0 atom stereocenters. The van der Waals surface area contributed by atoms with E-state index in [4.69, 9.17) is 23.7 Å². The molecule has 0 aliphatic heterocycles. The average molecular weight is 484 g/mol. The van der Waals surface area contributed by atoms with Gasteiger partial charge in [0.1, 0.15) is 12.4 Å². The third-order valence-electron chi connectivity index (χ3n) is 5.94. The first-order valence-electron chi connectivity index (χ1n) is 12.6. The zero-order chi connectivity index (χ0) is 24.7. The number of ether oxygens (including phenoxy) is 5. The maximum atomic E-state index is 6.00. The summed E-state index contributed by atoms with van der Waals surface area (Å²) in [5, 5.41) is 0. The van der Waals surface area contributed by atoms with Crippen molar-refractivity contribution in [2.75, 3.05) is 80.6 Å². The second kappa shape index (κ2) is 15.7. The van der Waals surface area contributed by atoms with Crippen molar-refractivity contribution in [2.24, 2.45) is 0 Å². The Hall–Kier alpha value is -2.22. The lowest BCUT2D eigenvalue weighted by atomic mass is 9.93. The van der Waals surface area contributed by atoms with Crippen LogP contribution < -0.4 is 4.74 Å². The molecule has 0 heterocycles. The quantitative estimate of drug-likeness (QED) is 0.333. The summed E-state index contributed by atoms with van der Waals surface area (Å²) in [7, 11) is 5.90. The Morgan fingerprint density at radius 3 is 2.09 bits per heavy atom. The Morgan fingerprint density at radius 1 is 0.743 bits per heavy atom. The third kappa shape index (κ3) is 9.39. The van der Waals surface area contributed by atoms with Crippen molar-refractivity contribution in [1.29, 1.82) is 0 Å². The average Bonchev–Trinajstić information content (AvgIpc) is 3.01. The summed E-state index contributed by atoms with van der Waals surface area (Å²) in [6.07, 6.45) is 5.47. The van der Waals surface area contributed by atoms with Gasteiger partial charge in [-0.1, -0.05) is 36.4 Å². The minimum atomic E-state index is 0.519. The highest BCUT2D eigenvalue weighted by atomic mass is 16.6. The summed E-state index contributed by atoms with van der Waals surface area (Å²) in [5.74, 6) is 0.899. The molecule has 0 saturated carbocycles. The summed E-state index contributed by atoms with van der Waals surface area (Å²) in [4.78, 5) is 2.23. The standard InChI is InChI=1S/C29H41NO5/c1-30(2)14-6-9-29-27-8-5-4-7-24(27)10-11-25-23-26(12-13-28(25)29)35-22-21-34-20-19-33-18-17-32-16-15-31-3/h4-5,7-9,12-13,23H,6,10-11,14-22H2,1-3H3/b29-9+. The largest absolute Gasteiger partial charge is 0.491 e. The van der Waals surface area contributed by atoms with Crippen molar-refractivity contribution < 1.29 is 23.7 Å². The Balaban J connectivity index is 1.47. The van der Waals surface area contributed by atoms with Gasteiger partial charge >= 0.3 is 0 Å². The molecule has 0 N–H and O–H groups in total. The van der Waals surface area contributed by atoms with Crippen LogP contribution in [0.5, 0.6) is 5.75 Å². The maximum Gasteiger partial charge on any atom is 0.119 e. The molecule has 0 spiro atoms. The number of rotatable bonds is 16. The molecule has 2 aromatic carbocycles. The number of fused-ring (bicyclic) bond motifs is 2. The summed E-state index contributed by atoms with van der Waals surface area (Å²) in [6.45, 7) is 5.52. The van der Waals surface area contributed by atoms with Crippen molar-refractivity contribution >= 4 is 5.57 Å². The second-order valence-electron chi connectivity index (χ2n) is 8.86. The minimum absolute atomic E-state index is 0.519. The highest BCUT2D eigenvalue weighted by Crippen LogP contribution is 2.35. The predicted molar refractivity (Wildman–Crippen MR) is 140 cm³/mol. The summed E-state index contributed by atoms with van der Waals surface area (Å²) in [5.41, 5.74) is 6.78. The van der Waals surface area contributed by atoms with Crippen LogP contribution in [-0.4, -0.2) is 85.5 Å². The number of methoxy groups -OCH3 is 1. The van der Waals surface area contributed by atoms with Gasteiger partial charge in [-0.05, 0) is 73.3 Å². The van der Waals surface area contributed by atoms with Crippen molar-refractivity contribution in [1.82, 2.24) is 4.90 Å². The Kier molecular flexibility index (Phi) is 12.3. The van der Waals surface area contributed by atoms with Crippen molar-refractivity contribution in [3.63, 3.8) is 0 Å². The van der Waals surface area contributed by atoms with Crippen LogP contribution in [0.25, 0.3) is 5.57 Å². The van der Waals surface area contributed by atoms with Gasteiger partial charge in [0.15, 0.2) is 0 Å². The Bertz CT molecular complexity index is 912. The van der Waals surface area contributed by atoms with Crippen LogP contribution in [0.2, 0.25) is 0 Å². The molecule has 0 saturated heterocycles. The summed E-state index contributed by atoms with van der Waals surface area (Å²) < 4.78 is 27.4. The fourth-order valence-corrected chi connectivity index (χ4v) is 4.13. The molecule has 0 aromatic heterocycles. The lowest BCUT2D eigenvalue weighted by Crippen LogP contribution is -2.13. The van der Waals surface area contributed by atoms with Crippen molar-refractivity contribution in [3.8, 4) is 5.75 Å². The van der Waals surface area contributed by atoms with E-state index in [-0.39, 0.29) is 0 Å². The van der Waals surface area contributed by atoms with Crippen molar-refractivity contribution in [2.45, 2.75) is 19.3 Å². The van der Waals surface area contributed by atoms with Crippen molar-refractivity contribution in [3.05, 3.63) is 70.8 Å². The molecule has 1 aliphatic carbocycles. The third-order valence-corrected chi connectivity index (χ3v) is 5.94. The van der Waals surface area contributed by atoms with E-state index < -0.39 is 0 Å². The monoisotopic (exact) mass is 483 g/mol. The number of aryl methyl sites for hydroxylation is 2. The second-order valence-corrected chi connectivity index (χ2v) is 8.86. The van der Waals surface area contributed by atoms with Gasteiger partial charge in [0.25, 0.3) is 0 Å². The highest BCUT2D eigenvalue weighted by Gasteiger charge is 2.18. The number of nitrogens with zero attached hydrogens (tertiary/aromatic N) is 1. The Labute approximate surface area is 210 Å². The maximum absolute atomic E-state index is 6.00. The molecule has 2 aromatic rings. The van der Waals surface area contributed by atoms with Gasteiger partial charge in [0.05, 0.1) is 46.2 Å². The fraction of sp³-hybridized carbons (Fsp3) is 0.517. The van der Waals surface area contributed by atoms with Gasteiger partial charge in [-0.25, -0.2) is 0 Å². The zero-order valence-corrected chi connectivity index (χ0v) is 21.6. The first-order valence-corrected chi connectivity index (χ1v) is 12.6. The molecule has 6 heteroatoms. The molecule has 1 aliphatic rings. The van der Waals surface area contributed by atoms with Gasteiger partial charge in [0, 0.05) is 13.7 Å². The minimum Gasteiger partial charge on any atom is -0.491 e. The van der Waals surface area contributed by atoms with E-state index in [0.29, 0.717) is 52.9 Å². The molecule has 0 unspecified atom stereocenters. The molecule has 35 heavy (non-hydrogen) atoms. The first-order chi connectivity index (χ1) is 17.2. The van der Waals surface area contributed by atoms with Gasteiger partial charge in [-0.3, -0.25) is 0 Å². The molecule has 3 rings (SSSR count). The lowest BCUT2D eigenvalue weighted by Gasteiger charge is -2.15. The lowest BCUT2D eigenvalue weighted by molar-refractivity contribution is 0.000161. The van der Waals surface area contributed by atoms with E-state index in [2.05, 4.69) is 67.5 Å². The van der Waals surface area contributed by atoms with Crippen LogP contribution in [0.4, 0.5) is 0 Å². The van der Waals surface area contributed by atoms with Gasteiger partial charge in [-0.2, -0.15) is 0 Å². The van der Waals surface area contributed by atoms with Crippen LogP contribution in [-0.2, 0) is 31.8 Å². The van der Waals surface area contributed by atoms with E-state index in [1.807, 2.05) is 0 Å². The van der Waals surface area contributed by atoms with E-state index in [0.717, 1.165) is 31.6 Å². The predicted octanol–water partition coefficient (Wildman–Crippen LogP) is 4.24. The molecule has 0 amide bonds. The molecule has 6 nitrogen and oxygen atoms in total. The van der Waals surface area contributed by atoms with E-state index >= 15 is 0 Å². The molecule has 0 radical (unpaired) electrons. The first kappa shape index (κ1) is 27.4. The van der Waals surface area contributed by atoms with Crippen LogP contribution in [0, 0.1) is 0 Å². The summed E-state index contributed by atoms with van der Waals surface area (Å²) >= 11 is 0. The van der Waals surface area contributed by atoms with E-state index in [1.54, 1.807) is 7.11 Å². The van der Waals surface area contributed by atoms with Crippen LogP contribution in [0.15, 0.2) is 48.5 Å². The van der Waals surface area contributed by atoms with E-state index in [9.17, 15) is 0 Å². The smallest absolute Gasteiger partial charge is 0.119 e. The van der Waals surface area contributed by atoms with Gasteiger partial charge < -0.3 is 28.6 Å². The van der Waals surface area contributed by atoms with Gasteiger partial charge in [-0.15, -0.1) is 0 Å². The van der Waals surface area contributed by atoms with Crippen LogP contribution >= 0.6 is 0 Å². The molecule has 192 valence electrons. The number of benzene rings is 2. The molecular weight excluding hydrogens is 442 g/mol. The molecular formula is C29H41NO5. The van der Waals surface area contributed by atoms with E-state index in [1.165, 1.54) is 27.8 Å². The topological polar surface area (TPSA) is 49.4 Å². The number of hydrogen-bond acceptors (Lipinski definition) is 6. The van der Waals surface area contributed by atoms with Crippen LogP contribution in [0.1, 0.15) is 28.7 Å². The highest BCUT2D eigenvalue weighted by molar-refractivity contribution is 5.84. The normalized spacial score (nSPS) is 14.1. The molecule has 0 fully saturated rings. The molecule has 0 bridgehead atoms. The number of hydrogen-bond donors (Lipinski definition) is 0. The van der Waals surface area contributed by atoms with Gasteiger partial charge in [0.2, 0.25) is 0 Å². The zero-order valence-electron chi connectivity index (χ0n) is 21.6. The SMILES string of the molecule is COCCOCCOCCOCCOc1ccc2c(c1)CCc1ccccc1/C2=C\CCN(C)C. The Morgan fingerprint density at radius 2 is 1.37 bits per heavy atom. The van der Waals surface area contributed by atoms with Crippen LogP contribution in [0.3, 0.4) is 0 Å². The summed E-state index contributed by atoms with van der Waals surface area (Å²) in [6, 6.07) is 15.3. The fourth-order valence-electron chi connectivity index (χ4n) is 4.13.